The lowest BCUT2D eigenvalue weighted by atomic mass is 10.1. The monoisotopic (exact) mass is 303 g/mol. The number of anilines is 2. The van der Waals surface area contributed by atoms with Gasteiger partial charge in [0.05, 0.1) is 36.3 Å². The lowest BCUT2D eigenvalue weighted by Gasteiger charge is -2.07. The number of pyridine rings is 1. The standard InChI is InChI=1S/C17H13N5O/c1-23-16-7-6-13(11-20-16)21-17-19-9-8-15(22-17)14-5-3-2-4-12(14)10-18/h2-9,11H,1H3,(H,19,21,22). The molecule has 0 atom stereocenters. The van der Waals surface area contributed by atoms with E-state index in [0.29, 0.717) is 23.1 Å². The first-order valence-corrected chi connectivity index (χ1v) is 6.90. The van der Waals surface area contributed by atoms with Gasteiger partial charge in [-0.05, 0) is 18.2 Å². The molecule has 6 nitrogen and oxygen atoms in total. The number of hydrogen-bond donors (Lipinski definition) is 1. The average Bonchev–Trinajstić information content (AvgIpc) is 2.62. The average molecular weight is 303 g/mol. The first-order valence-electron chi connectivity index (χ1n) is 6.90. The van der Waals surface area contributed by atoms with Gasteiger partial charge in [0.1, 0.15) is 0 Å². The number of ether oxygens (including phenoxy) is 1. The number of nitrogens with one attached hydrogen (secondary N) is 1. The highest BCUT2D eigenvalue weighted by Gasteiger charge is 2.07. The van der Waals surface area contributed by atoms with Gasteiger partial charge >= 0.3 is 0 Å². The summed E-state index contributed by atoms with van der Waals surface area (Å²) in [6, 6.07) is 14.8. The van der Waals surface area contributed by atoms with Crippen LogP contribution in [0.3, 0.4) is 0 Å². The zero-order chi connectivity index (χ0) is 16.1. The third-order valence-electron chi connectivity index (χ3n) is 3.18. The Morgan fingerprint density at radius 1 is 1.09 bits per heavy atom. The van der Waals surface area contributed by atoms with E-state index in [9.17, 15) is 5.26 Å². The molecule has 2 heterocycles. The largest absolute Gasteiger partial charge is 0.481 e. The summed E-state index contributed by atoms with van der Waals surface area (Å²) < 4.78 is 5.02. The Balaban J connectivity index is 1.89. The zero-order valence-corrected chi connectivity index (χ0v) is 12.4. The molecule has 0 saturated heterocycles. The molecule has 0 amide bonds. The second-order valence-corrected chi connectivity index (χ2v) is 4.64. The quantitative estimate of drug-likeness (QED) is 0.797. The van der Waals surface area contributed by atoms with Gasteiger partial charge in [-0.25, -0.2) is 15.0 Å². The fourth-order valence-electron chi connectivity index (χ4n) is 2.08. The van der Waals surface area contributed by atoms with Gasteiger partial charge in [-0.15, -0.1) is 0 Å². The van der Waals surface area contributed by atoms with Crippen molar-refractivity contribution >= 4 is 11.6 Å². The summed E-state index contributed by atoms with van der Waals surface area (Å²) >= 11 is 0. The molecule has 1 N–H and O–H groups in total. The molecule has 0 aliphatic heterocycles. The van der Waals surface area contributed by atoms with Crippen LogP contribution in [0.25, 0.3) is 11.3 Å². The van der Waals surface area contributed by atoms with E-state index in [0.717, 1.165) is 11.3 Å². The van der Waals surface area contributed by atoms with Crippen LogP contribution in [0.5, 0.6) is 5.88 Å². The number of rotatable bonds is 4. The predicted molar refractivity (Wildman–Crippen MR) is 86.3 cm³/mol. The highest BCUT2D eigenvalue weighted by atomic mass is 16.5. The molecule has 3 rings (SSSR count). The van der Waals surface area contributed by atoms with Crippen LogP contribution in [-0.4, -0.2) is 22.1 Å². The van der Waals surface area contributed by atoms with Gasteiger partial charge in [0.25, 0.3) is 0 Å². The minimum atomic E-state index is 0.433. The third kappa shape index (κ3) is 3.24. The molecule has 0 unspecified atom stereocenters. The lowest BCUT2D eigenvalue weighted by Crippen LogP contribution is -1.99. The number of nitrogens with zero attached hydrogens (tertiary/aromatic N) is 4. The normalized spacial score (nSPS) is 9.91. The first-order chi connectivity index (χ1) is 11.3. The third-order valence-corrected chi connectivity index (χ3v) is 3.18. The highest BCUT2D eigenvalue weighted by molar-refractivity contribution is 5.68. The topological polar surface area (TPSA) is 83.7 Å². The minimum absolute atomic E-state index is 0.433. The molecule has 0 aliphatic carbocycles. The van der Waals surface area contributed by atoms with E-state index >= 15 is 0 Å². The molecular formula is C17H13N5O. The summed E-state index contributed by atoms with van der Waals surface area (Å²) in [5.41, 5.74) is 2.77. The second kappa shape index (κ2) is 6.54. The van der Waals surface area contributed by atoms with Crippen LogP contribution in [0.2, 0.25) is 0 Å². The van der Waals surface area contributed by atoms with Crippen molar-refractivity contribution in [2.75, 3.05) is 12.4 Å². The van der Waals surface area contributed by atoms with Crippen LogP contribution in [0.4, 0.5) is 11.6 Å². The van der Waals surface area contributed by atoms with Crippen molar-refractivity contribution in [2.45, 2.75) is 0 Å². The summed E-state index contributed by atoms with van der Waals surface area (Å²) in [6.07, 6.45) is 3.29. The molecular weight excluding hydrogens is 290 g/mol. The maximum absolute atomic E-state index is 9.20. The smallest absolute Gasteiger partial charge is 0.227 e. The lowest BCUT2D eigenvalue weighted by molar-refractivity contribution is 0.398. The Kier molecular flexibility index (Phi) is 4.11. The Labute approximate surface area is 133 Å². The summed E-state index contributed by atoms with van der Waals surface area (Å²) in [6.45, 7) is 0. The maximum atomic E-state index is 9.20. The molecule has 0 aliphatic rings. The van der Waals surface area contributed by atoms with Crippen LogP contribution >= 0.6 is 0 Å². The molecule has 112 valence electrons. The van der Waals surface area contributed by atoms with Crippen LogP contribution in [0.1, 0.15) is 5.56 Å². The molecule has 23 heavy (non-hydrogen) atoms. The van der Waals surface area contributed by atoms with Crippen molar-refractivity contribution in [3.8, 4) is 23.2 Å². The van der Waals surface area contributed by atoms with E-state index in [1.807, 2.05) is 24.3 Å². The maximum Gasteiger partial charge on any atom is 0.227 e. The fourth-order valence-corrected chi connectivity index (χ4v) is 2.08. The molecule has 0 fully saturated rings. The summed E-state index contributed by atoms with van der Waals surface area (Å²) in [5, 5.41) is 12.3. The van der Waals surface area contributed by atoms with Gasteiger partial charge in [0, 0.05) is 17.8 Å². The number of methoxy groups -OCH3 is 1. The van der Waals surface area contributed by atoms with Gasteiger partial charge in [-0.1, -0.05) is 18.2 Å². The van der Waals surface area contributed by atoms with Crippen LogP contribution in [-0.2, 0) is 0 Å². The molecule has 0 saturated carbocycles. The van der Waals surface area contributed by atoms with Crippen molar-refractivity contribution < 1.29 is 4.74 Å². The van der Waals surface area contributed by atoms with E-state index in [1.54, 1.807) is 37.7 Å². The number of benzene rings is 1. The summed E-state index contributed by atoms with van der Waals surface area (Å²) in [4.78, 5) is 12.8. The van der Waals surface area contributed by atoms with Crippen molar-refractivity contribution in [3.05, 3.63) is 60.4 Å². The van der Waals surface area contributed by atoms with Crippen molar-refractivity contribution in [2.24, 2.45) is 0 Å². The van der Waals surface area contributed by atoms with Gasteiger partial charge in [-0.3, -0.25) is 0 Å². The second-order valence-electron chi connectivity index (χ2n) is 4.64. The Morgan fingerprint density at radius 3 is 2.70 bits per heavy atom. The van der Waals surface area contributed by atoms with Gasteiger partial charge in [0.2, 0.25) is 11.8 Å². The molecule has 0 bridgehead atoms. The van der Waals surface area contributed by atoms with Crippen LogP contribution < -0.4 is 10.1 Å². The van der Waals surface area contributed by atoms with E-state index in [2.05, 4.69) is 26.3 Å². The molecule has 3 aromatic rings. The zero-order valence-electron chi connectivity index (χ0n) is 12.4. The van der Waals surface area contributed by atoms with E-state index in [4.69, 9.17) is 4.74 Å². The fraction of sp³-hybridized carbons (Fsp3) is 0.0588. The highest BCUT2D eigenvalue weighted by Crippen LogP contribution is 2.22. The molecule has 0 radical (unpaired) electrons. The van der Waals surface area contributed by atoms with Crippen LogP contribution in [0, 0.1) is 11.3 Å². The molecule has 0 spiro atoms. The van der Waals surface area contributed by atoms with Crippen molar-refractivity contribution in [1.29, 1.82) is 5.26 Å². The molecule has 2 aromatic heterocycles. The Bertz CT molecular complexity index is 855. The van der Waals surface area contributed by atoms with E-state index in [-0.39, 0.29) is 0 Å². The first kappa shape index (κ1) is 14.5. The predicted octanol–water partition coefficient (Wildman–Crippen LogP) is 3.16. The van der Waals surface area contributed by atoms with E-state index in [1.165, 1.54) is 0 Å². The SMILES string of the molecule is COc1ccc(Nc2nccc(-c3ccccc3C#N)n2)cn1. The Morgan fingerprint density at radius 2 is 1.96 bits per heavy atom. The van der Waals surface area contributed by atoms with Gasteiger partial charge in [0.15, 0.2) is 0 Å². The minimum Gasteiger partial charge on any atom is -0.481 e. The number of aromatic nitrogens is 3. The molecule has 6 heteroatoms. The number of hydrogen-bond acceptors (Lipinski definition) is 6. The Hall–Kier alpha value is -3.46. The number of nitriles is 1. The molecule has 1 aromatic carbocycles. The van der Waals surface area contributed by atoms with Gasteiger partial charge in [-0.2, -0.15) is 5.26 Å². The van der Waals surface area contributed by atoms with Gasteiger partial charge < -0.3 is 10.1 Å². The summed E-state index contributed by atoms with van der Waals surface area (Å²) in [7, 11) is 1.56. The van der Waals surface area contributed by atoms with Crippen molar-refractivity contribution in [1.82, 2.24) is 15.0 Å². The van der Waals surface area contributed by atoms with Crippen molar-refractivity contribution in [3.63, 3.8) is 0 Å². The summed E-state index contributed by atoms with van der Waals surface area (Å²) in [5.74, 6) is 0.968. The van der Waals surface area contributed by atoms with E-state index < -0.39 is 0 Å². The van der Waals surface area contributed by atoms with Crippen LogP contribution in [0.15, 0.2) is 54.9 Å².